The number of amides is 1. The molecule has 1 aliphatic rings. The second-order valence-corrected chi connectivity index (χ2v) is 7.22. The van der Waals surface area contributed by atoms with E-state index in [1.54, 1.807) is 30.5 Å². The summed E-state index contributed by atoms with van der Waals surface area (Å²) in [6.45, 7) is 0.489. The summed E-state index contributed by atoms with van der Waals surface area (Å²) >= 11 is 6.01. The van der Waals surface area contributed by atoms with Crippen molar-refractivity contribution >= 4 is 40.0 Å². The number of rotatable bonds is 5. The van der Waals surface area contributed by atoms with Gasteiger partial charge in [-0.3, -0.25) is 9.59 Å². The zero-order chi connectivity index (χ0) is 20.5. The third kappa shape index (κ3) is 3.30. The van der Waals surface area contributed by atoms with E-state index < -0.39 is 17.7 Å². The van der Waals surface area contributed by atoms with Crippen LogP contribution in [0.2, 0.25) is 5.02 Å². The number of benzene rings is 2. The summed E-state index contributed by atoms with van der Waals surface area (Å²) in [5.41, 5.74) is 2.04. The number of para-hydroxylation sites is 1. The molecule has 1 aliphatic heterocycles. The number of halogens is 1. The Balaban J connectivity index is 1.90. The van der Waals surface area contributed by atoms with Crippen LogP contribution in [-0.4, -0.2) is 46.9 Å². The molecule has 0 bridgehead atoms. The molecule has 1 aromatic heterocycles. The fourth-order valence-corrected chi connectivity index (χ4v) is 3.83. The number of nitrogens with zero attached hydrogens (tertiary/aromatic N) is 1. The Morgan fingerprint density at radius 2 is 1.90 bits per heavy atom. The Morgan fingerprint density at radius 3 is 2.62 bits per heavy atom. The van der Waals surface area contributed by atoms with Crippen molar-refractivity contribution in [3.8, 4) is 0 Å². The van der Waals surface area contributed by atoms with Gasteiger partial charge in [-0.25, -0.2) is 0 Å². The Kier molecular flexibility index (Phi) is 5.13. The molecule has 148 valence electrons. The summed E-state index contributed by atoms with van der Waals surface area (Å²) in [6, 6.07) is 13.6. The van der Waals surface area contributed by atoms with Crippen LogP contribution in [-0.2, 0) is 14.3 Å². The van der Waals surface area contributed by atoms with Crippen LogP contribution in [0.1, 0.15) is 17.2 Å². The third-order valence-corrected chi connectivity index (χ3v) is 5.36. The molecular weight excluding hydrogens is 392 g/mol. The molecule has 1 saturated heterocycles. The summed E-state index contributed by atoms with van der Waals surface area (Å²) in [5.74, 6) is -1.59. The first kappa shape index (κ1) is 19.2. The number of fused-ring (bicyclic) bond motifs is 1. The van der Waals surface area contributed by atoms with Gasteiger partial charge in [0.05, 0.1) is 18.2 Å². The molecule has 2 aromatic carbocycles. The van der Waals surface area contributed by atoms with Gasteiger partial charge in [0.15, 0.2) is 0 Å². The molecule has 3 aromatic rings. The van der Waals surface area contributed by atoms with Crippen molar-refractivity contribution in [1.29, 1.82) is 0 Å². The molecule has 7 heteroatoms. The van der Waals surface area contributed by atoms with Gasteiger partial charge in [0.25, 0.3) is 11.7 Å². The van der Waals surface area contributed by atoms with E-state index in [1.165, 1.54) is 12.0 Å². The van der Waals surface area contributed by atoms with Crippen LogP contribution in [0, 0.1) is 0 Å². The maximum atomic E-state index is 12.9. The molecule has 0 radical (unpaired) electrons. The minimum Gasteiger partial charge on any atom is -0.507 e. The number of aliphatic hydroxyl groups is 1. The fourth-order valence-electron chi connectivity index (χ4n) is 3.70. The topological polar surface area (TPSA) is 82.6 Å². The standard InChI is InChI=1S/C22H19ClN2O4/c1-29-11-10-25-19(13-6-8-14(23)9-7-13)18(21(27)22(25)28)20(26)16-12-24-17-5-3-2-4-15(16)17/h2-9,12,19,24,26H,10-11H2,1H3/b20-18-. The number of carbonyl (C=O) groups excluding carboxylic acids is 2. The number of aromatic nitrogens is 1. The van der Waals surface area contributed by atoms with E-state index in [4.69, 9.17) is 16.3 Å². The monoisotopic (exact) mass is 410 g/mol. The maximum absolute atomic E-state index is 12.9. The van der Waals surface area contributed by atoms with Crippen molar-refractivity contribution in [2.75, 3.05) is 20.3 Å². The fraction of sp³-hybridized carbons (Fsp3) is 0.182. The van der Waals surface area contributed by atoms with Gasteiger partial charge >= 0.3 is 0 Å². The van der Waals surface area contributed by atoms with E-state index in [2.05, 4.69) is 4.98 Å². The third-order valence-electron chi connectivity index (χ3n) is 5.11. The molecule has 0 aliphatic carbocycles. The summed E-state index contributed by atoms with van der Waals surface area (Å²) in [7, 11) is 1.53. The highest BCUT2D eigenvalue weighted by atomic mass is 35.5. The quantitative estimate of drug-likeness (QED) is 0.380. The molecule has 0 spiro atoms. The number of ether oxygens (including phenoxy) is 1. The van der Waals surface area contributed by atoms with Crippen LogP contribution in [0.3, 0.4) is 0 Å². The Bertz CT molecular complexity index is 1120. The van der Waals surface area contributed by atoms with E-state index in [1.807, 2.05) is 24.3 Å². The minimum absolute atomic E-state index is 0.0539. The molecule has 1 unspecified atom stereocenters. The number of hydrogen-bond acceptors (Lipinski definition) is 4. The highest BCUT2D eigenvalue weighted by Crippen LogP contribution is 2.40. The largest absolute Gasteiger partial charge is 0.507 e. The predicted molar refractivity (Wildman–Crippen MR) is 111 cm³/mol. The number of likely N-dealkylation sites (tertiary alicyclic amines) is 1. The van der Waals surface area contributed by atoms with Crippen LogP contribution in [0.5, 0.6) is 0 Å². The van der Waals surface area contributed by atoms with E-state index in [9.17, 15) is 14.7 Å². The van der Waals surface area contributed by atoms with Gasteiger partial charge in [0.2, 0.25) is 0 Å². The summed E-state index contributed by atoms with van der Waals surface area (Å²) in [4.78, 5) is 30.2. The lowest BCUT2D eigenvalue weighted by Gasteiger charge is -2.25. The van der Waals surface area contributed by atoms with Crippen LogP contribution >= 0.6 is 11.6 Å². The van der Waals surface area contributed by atoms with E-state index in [0.29, 0.717) is 16.1 Å². The number of Topliss-reactive ketones (excluding diaryl/α,β-unsaturated/α-hetero) is 1. The number of aromatic amines is 1. The normalized spacial score (nSPS) is 18.7. The number of ketones is 1. The van der Waals surface area contributed by atoms with Crippen molar-refractivity contribution in [3.63, 3.8) is 0 Å². The SMILES string of the molecule is COCCN1C(=O)C(=O)/C(=C(\O)c2c[nH]c3ccccc23)C1c1ccc(Cl)cc1. The second kappa shape index (κ2) is 7.73. The average Bonchev–Trinajstić information content (AvgIpc) is 3.26. The minimum atomic E-state index is -0.726. The van der Waals surface area contributed by atoms with Crippen LogP contribution in [0.25, 0.3) is 16.7 Å². The van der Waals surface area contributed by atoms with Gasteiger partial charge in [0, 0.05) is 41.3 Å². The van der Waals surface area contributed by atoms with E-state index in [0.717, 1.165) is 10.9 Å². The smallest absolute Gasteiger partial charge is 0.295 e. The summed E-state index contributed by atoms with van der Waals surface area (Å²) < 4.78 is 5.11. The molecule has 1 atom stereocenters. The molecule has 0 saturated carbocycles. The number of hydrogen-bond donors (Lipinski definition) is 2. The number of carbonyl (C=O) groups is 2. The van der Waals surface area contributed by atoms with Crippen molar-refractivity contribution in [2.45, 2.75) is 6.04 Å². The van der Waals surface area contributed by atoms with Gasteiger partial charge in [0.1, 0.15) is 5.76 Å². The first-order valence-corrected chi connectivity index (χ1v) is 9.50. The number of nitrogens with one attached hydrogen (secondary N) is 1. The molecule has 29 heavy (non-hydrogen) atoms. The van der Waals surface area contributed by atoms with Gasteiger partial charge < -0.3 is 19.7 Å². The lowest BCUT2D eigenvalue weighted by molar-refractivity contribution is -0.140. The van der Waals surface area contributed by atoms with E-state index >= 15 is 0 Å². The number of methoxy groups -OCH3 is 1. The Labute approximate surface area is 172 Å². The Morgan fingerprint density at radius 1 is 1.17 bits per heavy atom. The van der Waals surface area contributed by atoms with Crippen molar-refractivity contribution in [3.05, 3.63) is 76.5 Å². The molecule has 4 rings (SSSR count). The van der Waals surface area contributed by atoms with Gasteiger partial charge in [-0.15, -0.1) is 0 Å². The lowest BCUT2D eigenvalue weighted by atomic mass is 9.95. The molecular formula is C22H19ClN2O4. The number of aliphatic hydroxyl groups excluding tert-OH is 1. The van der Waals surface area contributed by atoms with E-state index in [-0.39, 0.29) is 24.5 Å². The highest BCUT2D eigenvalue weighted by Gasteiger charge is 2.46. The van der Waals surface area contributed by atoms with Crippen LogP contribution in [0.15, 0.2) is 60.3 Å². The summed E-state index contributed by atoms with van der Waals surface area (Å²) in [5, 5.41) is 12.4. The first-order chi connectivity index (χ1) is 14.0. The zero-order valence-electron chi connectivity index (χ0n) is 15.7. The number of H-pyrrole nitrogens is 1. The predicted octanol–water partition coefficient (Wildman–Crippen LogP) is 3.89. The molecule has 2 N–H and O–H groups in total. The maximum Gasteiger partial charge on any atom is 0.295 e. The van der Waals surface area contributed by atoms with Gasteiger partial charge in [-0.05, 0) is 23.8 Å². The average molecular weight is 411 g/mol. The highest BCUT2D eigenvalue weighted by molar-refractivity contribution is 6.46. The molecule has 6 nitrogen and oxygen atoms in total. The molecule has 2 heterocycles. The van der Waals surface area contributed by atoms with Crippen molar-refractivity contribution in [2.24, 2.45) is 0 Å². The lowest BCUT2D eigenvalue weighted by Crippen LogP contribution is -2.32. The molecule has 1 fully saturated rings. The first-order valence-electron chi connectivity index (χ1n) is 9.12. The van der Waals surface area contributed by atoms with Crippen LogP contribution < -0.4 is 0 Å². The molecule has 1 amide bonds. The van der Waals surface area contributed by atoms with Crippen molar-refractivity contribution < 1.29 is 19.4 Å². The van der Waals surface area contributed by atoms with Gasteiger partial charge in [-0.2, -0.15) is 0 Å². The zero-order valence-corrected chi connectivity index (χ0v) is 16.4. The Hall–Kier alpha value is -3.09. The second-order valence-electron chi connectivity index (χ2n) is 6.78. The summed E-state index contributed by atoms with van der Waals surface area (Å²) in [6.07, 6.45) is 1.64. The van der Waals surface area contributed by atoms with Gasteiger partial charge in [-0.1, -0.05) is 41.9 Å². The van der Waals surface area contributed by atoms with Crippen molar-refractivity contribution in [1.82, 2.24) is 9.88 Å². The van der Waals surface area contributed by atoms with Crippen LogP contribution in [0.4, 0.5) is 0 Å².